The average Bonchev–Trinajstić information content (AvgIpc) is 2.80. The number of nitrogens with zero attached hydrogens (tertiary/aromatic N) is 1. The van der Waals surface area contributed by atoms with Crippen molar-refractivity contribution in [1.82, 2.24) is 9.29 Å². The number of carboxylic acid groups (broad SMARTS) is 1. The van der Waals surface area contributed by atoms with Crippen molar-refractivity contribution in [3.05, 3.63) is 18.0 Å². The molecule has 0 amide bonds. The predicted octanol–water partition coefficient (Wildman–Crippen LogP) is 0.911. The smallest absolute Gasteiger partial charge is 0.352 e. The first-order valence-corrected chi connectivity index (χ1v) is 8.27. The van der Waals surface area contributed by atoms with Gasteiger partial charge in [-0.2, -0.15) is 0 Å². The highest BCUT2D eigenvalue weighted by molar-refractivity contribution is 7.89. The molecule has 1 aliphatic rings. The predicted molar refractivity (Wildman–Crippen MR) is 75.8 cm³/mol. The van der Waals surface area contributed by atoms with Crippen molar-refractivity contribution in [2.75, 3.05) is 19.8 Å². The molecular formula is C13H20N2O5S. The molecule has 0 aromatic carbocycles. The van der Waals surface area contributed by atoms with Gasteiger partial charge in [0, 0.05) is 24.7 Å². The number of ether oxygens (including phenoxy) is 1. The first-order chi connectivity index (χ1) is 9.77. The first kappa shape index (κ1) is 16.0. The molecule has 0 unspecified atom stereocenters. The lowest BCUT2D eigenvalue weighted by Gasteiger charge is -2.37. The fourth-order valence-electron chi connectivity index (χ4n) is 2.14. The third-order valence-corrected chi connectivity index (χ3v) is 4.82. The molecule has 0 bridgehead atoms. The number of carboxylic acids is 1. The van der Waals surface area contributed by atoms with Crippen LogP contribution in [-0.4, -0.2) is 43.8 Å². The van der Waals surface area contributed by atoms with Crippen molar-refractivity contribution in [3.63, 3.8) is 0 Å². The Morgan fingerprint density at radius 3 is 2.67 bits per heavy atom. The molecule has 1 aliphatic heterocycles. The summed E-state index contributed by atoms with van der Waals surface area (Å²) in [5, 5.41) is 9.13. The van der Waals surface area contributed by atoms with Crippen LogP contribution >= 0.6 is 0 Å². The van der Waals surface area contributed by atoms with Gasteiger partial charge in [0.2, 0.25) is 10.0 Å². The first-order valence-electron chi connectivity index (χ1n) is 6.78. The Hall–Kier alpha value is -1.38. The number of aromatic nitrogens is 1. The van der Waals surface area contributed by atoms with Gasteiger partial charge in [-0.3, -0.25) is 0 Å². The van der Waals surface area contributed by atoms with Crippen molar-refractivity contribution < 1.29 is 23.1 Å². The third-order valence-electron chi connectivity index (χ3n) is 3.46. The molecule has 2 rings (SSSR count). The summed E-state index contributed by atoms with van der Waals surface area (Å²) in [7, 11) is -3.71. The van der Waals surface area contributed by atoms with Gasteiger partial charge in [0.25, 0.3) is 0 Å². The summed E-state index contributed by atoms with van der Waals surface area (Å²) in [4.78, 5) is 11.1. The molecule has 118 valence electrons. The fourth-order valence-corrected chi connectivity index (χ4v) is 3.38. The minimum Gasteiger partial charge on any atom is -0.477 e. The largest absolute Gasteiger partial charge is 0.477 e. The van der Waals surface area contributed by atoms with E-state index in [2.05, 4.69) is 4.72 Å². The monoisotopic (exact) mass is 316 g/mol. The number of aryl methyl sites for hydroxylation is 1. The van der Waals surface area contributed by atoms with E-state index >= 15 is 0 Å². The van der Waals surface area contributed by atoms with Gasteiger partial charge in [-0.05, 0) is 12.5 Å². The SMILES string of the molecule is CCCn1cc(S(=O)(=O)NCC2(C)COC2)cc1C(=O)O. The van der Waals surface area contributed by atoms with E-state index in [9.17, 15) is 13.2 Å². The van der Waals surface area contributed by atoms with Crippen LogP contribution in [0.2, 0.25) is 0 Å². The molecule has 0 spiro atoms. The molecule has 0 aliphatic carbocycles. The second-order valence-corrected chi connectivity index (χ2v) is 7.45. The third kappa shape index (κ3) is 3.45. The zero-order valence-corrected chi connectivity index (χ0v) is 12.9. The Bertz CT molecular complexity index is 631. The fraction of sp³-hybridized carbons (Fsp3) is 0.615. The normalized spacial score (nSPS) is 17.4. The van der Waals surface area contributed by atoms with Crippen molar-refractivity contribution in [1.29, 1.82) is 0 Å². The topological polar surface area (TPSA) is 97.6 Å². The van der Waals surface area contributed by atoms with E-state index in [4.69, 9.17) is 9.84 Å². The second kappa shape index (κ2) is 5.78. The van der Waals surface area contributed by atoms with Crippen molar-refractivity contribution >= 4 is 16.0 Å². The van der Waals surface area contributed by atoms with E-state index in [0.717, 1.165) is 6.42 Å². The summed E-state index contributed by atoms with van der Waals surface area (Å²) in [5.41, 5.74) is -0.204. The average molecular weight is 316 g/mol. The van der Waals surface area contributed by atoms with E-state index in [0.29, 0.717) is 19.8 Å². The summed E-state index contributed by atoms with van der Waals surface area (Å²) in [6.45, 7) is 5.61. The van der Waals surface area contributed by atoms with Gasteiger partial charge in [0.1, 0.15) is 10.6 Å². The summed E-state index contributed by atoms with van der Waals surface area (Å²) < 4.78 is 33.6. The lowest BCUT2D eigenvalue weighted by atomic mass is 9.89. The minimum atomic E-state index is -3.71. The van der Waals surface area contributed by atoms with Crippen LogP contribution in [0.3, 0.4) is 0 Å². The van der Waals surface area contributed by atoms with Crippen molar-refractivity contribution in [2.45, 2.75) is 31.7 Å². The Balaban J connectivity index is 2.19. The van der Waals surface area contributed by atoms with Crippen LogP contribution < -0.4 is 4.72 Å². The van der Waals surface area contributed by atoms with Crippen LogP contribution in [0.25, 0.3) is 0 Å². The maximum absolute atomic E-state index is 12.3. The number of hydrogen-bond donors (Lipinski definition) is 2. The van der Waals surface area contributed by atoms with E-state index in [1.54, 1.807) is 0 Å². The number of sulfonamides is 1. The molecule has 21 heavy (non-hydrogen) atoms. The quantitative estimate of drug-likeness (QED) is 0.779. The van der Waals surface area contributed by atoms with Crippen molar-refractivity contribution in [3.8, 4) is 0 Å². The van der Waals surface area contributed by atoms with Crippen molar-refractivity contribution in [2.24, 2.45) is 5.41 Å². The van der Waals surface area contributed by atoms with Crippen LogP contribution in [-0.2, 0) is 21.3 Å². The molecule has 2 heterocycles. The van der Waals surface area contributed by atoms with Gasteiger partial charge in [-0.15, -0.1) is 0 Å². The zero-order chi connectivity index (χ0) is 15.7. The Labute approximate surface area is 124 Å². The number of carbonyl (C=O) groups is 1. The molecule has 0 atom stereocenters. The maximum Gasteiger partial charge on any atom is 0.352 e. The van der Waals surface area contributed by atoms with Crippen LogP contribution in [0.4, 0.5) is 0 Å². The molecule has 0 saturated carbocycles. The van der Waals surface area contributed by atoms with Crippen LogP contribution in [0.1, 0.15) is 30.8 Å². The summed E-state index contributed by atoms with van der Waals surface area (Å²) >= 11 is 0. The van der Waals surface area contributed by atoms with E-state index < -0.39 is 16.0 Å². The molecule has 1 aromatic heterocycles. The Kier molecular flexibility index (Phi) is 4.40. The van der Waals surface area contributed by atoms with Gasteiger partial charge in [0.05, 0.1) is 13.2 Å². The van der Waals surface area contributed by atoms with Crippen LogP contribution in [0.15, 0.2) is 17.2 Å². The van der Waals surface area contributed by atoms with E-state index in [1.807, 2.05) is 13.8 Å². The summed E-state index contributed by atoms with van der Waals surface area (Å²) in [6.07, 6.45) is 2.09. The molecular weight excluding hydrogens is 296 g/mol. The second-order valence-electron chi connectivity index (χ2n) is 5.69. The number of aromatic carboxylic acids is 1. The molecule has 1 fully saturated rings. The molecule has 7 nitrogen and oxygen atoms in total. The number of rotatable bonds is 7. The molecule has 0 radical (unpaired) electrons. The Morgan fingerprint density at radius 1 is 1.52 bits per heavy atom. The number of nitrogens with one attached hydrogen (secondary N) is 1. The van der Waals surface area contributed by atoms with Gasteiger partial charge >= 0.3 is 5.97 Å². The molecule has 8 heteroatoms. The lowest BCUT2D eigenvalue weighted by Crippen LogP contribution is -2.48. The molecule has 1 saturated heterocycles. The minimum absolute atomic E-state index is 0.0165. The zero-order valence-electron chi connectivity index (χ0n) is 12.1. The van der Waals surface area contributed by atoms with E-state index in [1.165, 1.54) is 16.8 Å². The van der Waals surface area contributed by atoms with Crippen LogP contribution in [0, 0.1) is 5.41 Å². The highest BCUT2D eigenvalue weighted by Crippen LogP contribution is 2.26. The van der Waals surface area contributed by atoms with E-state index in [-0.39, 0.29) is 22.5 Å². The number of hydrogen-bond acceptors (Lipinski definition) is 4. The van der Waals surface area contributed by atoms with Gasteiger partial charge in [0.15, 0.2) is 0 Å². The maximum atomic E-state index is 12.3. The highest BCUT2D eigenvalue weighted by Gasteiger charge is 2.35. The molecule has 2 N–H and O–H groups in total. The standard InChI is InChI=1S/C13H20N2O5S/c1-3-4-15-6-10(5-11(15)12(16)17)21(18,19)14-7-13(2)8-20-9-13/h5-6,14H,3-4,7-9H2,1-2H3,(H,16,17). The summed E-state index contributed by atoms with van der Waals surface area (Å²) in [6, 6.07) is 1.19. The lowest BCUT2D eigenvalue weighted by molar-refractivity contribution is -0.0965. The highest BCUT2D eigenvalue weighted by atomic mass is 32.2. The molecule has 1 aromatic rings. The van der Waals surface area contributed by atoms with Gasteiger partial charge < -0.3 is 14.4 Å². The van der Waals surface area contributed by atoms with Gasteiger partial charge in [-0.25, -0.2) is 17.9 Å². The summed E-state index contributed by atoms with van der Waals surface area (Å²) in [5.74, 6) is -1.13. The van der Waals surface area contributed by atoms with Gasteiger partial charge in [-0.1, -0.05) is 13.8 Å². The Morgan fingerprint density at radius 2 is 2.19 bits per heavy atom. The van der Waals surface area contributed by atoms with Crippen LogP contribution in [0.5, 0.6) is 0 Å².